The normalized spacial score (nSPS) is 35.6. The molecule has 0 radical (unpaired) electrons. The van der Waals surface area contributed by atoms with E-state index in [9.17, 15) is 4.79 Å². The molecule has 1 amide bonds. The van der Waals surface area contributed by atoms with Gasteiger partial charge in [-0.05, 0) is 39.0 Å². The number of hydrogen-bond donors (Lipinski definition) is 1. The lowest BCUT2D eigenvalue weighted by Crippen LogP contribution is -2.68. The first-order valence-corrected chi connectivity index (χ1v) is 8.57. The van der Waals surface area contributed by atoms with Crippen LogP contribution in [0.15, 0.2) is 0 Å². The van der Waals surface area contributed by atoms with Gasteiger partial charge in [0.2, 0.25) is 0 Å². The molecule has 126 valence electrons. The monoisotopic (exact) mass is 319 g/mol. The molecule has 1 aromatic rings. The minimum Gasteiger partial charge on any atom is -0.384 e. The molecule has 6 nitrogen and oxygen atoms in total. The molecule has 2 fully saturated rings. The van der Waals surface area contributed by atoms with E-state index in [4.69, 9.17) is 9.47 Å². The average molecular weight is 319 g/mol. The number of aromatic nitrogens is 2. The Bertz CT molecular complexity index is 621. The van der Waals surface area contributed by atoms with E-state index >= 15 is 0 Å². The number of nitrogens with zero attached hydrogens (tertiary/aromatic N) is 2. The lowest BCUT2D eigenvalue weighted by molar-refractivity contribution is -0.0945. The van der Waals surface area contributed by atoms with Crippen LogP contribution in [0.2, 0.25) is 0 Å². The Kier molecular flexibility index (Phi) is 3.50. The van der Waals surface area contributed by atoms with Crippen molar-refractivity contribution >= 4 is 5.91 Å². The van der Waals surface area contributed by atoms with Gasteiger partial charge in [0.25, 0.3) is 5.91 Å². The smallest absolute Gasteiger partial charge is 0.275 e. The topological polar surface area (TPSA) is 67.5 Å². The fourth-order valence-corrected chi connectivity index (χ4v) is 4.63. The van der Waals surface area contributed by atoms with E-state index < -0.39 is 0 Å². The van der Waals surface area contributed by atoms with Crippen molar-refractivity contribution in [1.29, 1.82) is 0 Å². The summed E-state index contributed by atoms with van der Waals surface area (Å²) in [4.78, 5) is 15.1. The number of likely N-dealkylation sites (tertiary alicyclic amines) is 1. The van der Waals surface area contributed by atoms with Crippen molar-refractivity contribution in [3.05, 3.63) is 17.0 Å². The van der Waals surface area contributed by atoms with Gasteiger partial charge in [0.05, 0.1) is 17.9 Å². The summed E-state index contributed by atoms with van der Waals surface area (Å²) in [7, 11) is 1.75. The van der Waals surface area contributed by atoms with Crippen molar-refractivity contribution in [3.8, 4) is 0 Å². The summed E-state index contributed by atoms with van der Waals surface area (Å²) in [6, 6.07) is 0. The minimum atomic E-state index is -0.0251. The Labute approximate surface area is 136 Å². The number of carbonyl (C=O) groups is 1. The van der Waals surface area contributed by atoms with Crippen molar-refractivity contribution in [3.63, 3.8) is 0 Å². The molecular weight excluding hydrogens is 294 g/mol. The third kappa shape index (κ3) is 2.22. The van der Waals surface area contributed by atoms with Gasteiger partial charge in [-0.2, -0.15) is 5.10 Å². The van der Waals surface area contributed by atoms with E-state index in [1.165, 1.54) is 0 Å². The lowest BCUT2D eigenvalue weighted by Gasteiger charge is -2.61. The molecule has 1 saturated carbocycles. The van der Waals surface area contributed by atoms with Crippen LogP contribution < -0.4 is 0 Å². The Morgan fingerprint density at radius 2 is 2.26 bits per heavy atom. The molecule has 3 aliphatic rings. The third-order valence-electron chi connectivity index (χ3n) is 5.79. The predicted molar refractivity (Wildman–Crippen MR) is 84.2 cm³/mol. The molecule has 0 unspecified atom stereocenters. The van der Waals surface area contributed by atoms with Gasteiger partial charge in [0.15, 0.2) is 5.69 Å². The van der Waals surface area contributed by atoms with Gasteiger partial charge >= 0.3 is 0 Å². The molecule has 23 heavy (non-hydrogen) atoms. The Hall–Kier alpha value is -1.40. The SMILES string of the molecule is COCC1CC2(CCN2C(=O)c2n[nH]c3c2C[C@H](C)O[C@@H]3C)C1. The number of fused-ring (bicyclic) bond motifs is 1. The van der Waals surface area contributed by atoms with Gasteiger partial charge in [-0.3, -0.25) is 9.89 Å². The zero-order valence-electron chi connectivity index (χ0n) is 14.1. The van der Waals surface area contributed by atoms with Crippen molar-refractivity contribution in [1.82, 2.24) is 15.1 Å². The van der Waals surface area contributed by atoms with E-state index in [-0.39, 0.29) is 23.7 Å². The Balaban J connectivity index is 1.53. The number of carbonyl (C=O) groups excluding carboxylic acids is 1. The zero-order chi connectivity index (χ0) is 16.2. The van der Waals surface area contributed by atoms with Gasteiger partial charge in [-0.1, -0.05) is 0 Å². The van der Waals surface area contributed by atoms with Gasteiger partial charge in [0.1, 0.15) is 0 Å². The van der Waals surface area contributed by atoms with Crippen LogP contribution in [0.3, 0.4) is 0 Å². The number of amides is 1. The maximum absolute atomic E-state index is 13.0. The molecule has 0 aromatic carbocycles. The van der Waals surface area contributed by atoms with Crippen LogP contribution in [0, 0.1) is 5.92 Å². The average Bonchev–Trinajstić information content (AvgIpc) is 2.84. The number of H-pyrrole nitrogens is 1. The number of aromatic amines is 1. The van der Waals surface area contributed by atoms with Crippen molar-refractivity contribution in [2.24, 2.45) is 5.92 Å². The maximum Gasteiger partial charge on any atom is 0.275 e. The Morgan fingerprint density at radius 1 is 1.48 bits per heavy atom. The number of hydrogen-bond acceptors (Lipinski definition) is 4. The van der Waals surface area contributed by atoms with Crippen LogP contribution in [-0.4, -0.2) is 52.9 Å². The van der Waals surface area contributed by atoms with Crippen LogP contribution in [0.5, 0.6) is 0 Å². The summed E-state index contributed by atoms with van der Waals surface area (Å²) in [6.07, 6.45) is 4.10. The molecule has 2 atom stereocenters. The quantitative estimate of drug-likeness (QED) is 0.926. The first-order chi connectivity index (χ1) is 11.0. The largest absolute Gasteiger partial charge is 0.384 e. The van der Waals surface area contributed by atoms with Crippen molar-refractivity contribution in [2.75, 3.05) is 20.3 Å². The molecule has 2 aliphatic heterocycles. The van der Waals surface area contributed by atoms with Crippen molar-refractivity contribution < 1.29 is 14.3 Å². The number of ether oxygens (including phenoxy) is 2. The van der Waals surface area contributed by atoms with E-state index in [2.05, 4.69) is 10.2 Å². The highest BCUT2D eigenvalue weighted by Gasteiger charge is 2.56. The second-order valence-corrected chi connectivity index (χ2v) is 7.42. The highest BCUT2D eigenvalue weighted by Crippen LogP contribution is 2.51. The molecule has 1 saturated heterocycles. The fourth-order valence-electron chi connectivity index (χ4n) is 4.63. The van der Waals surface area contributed by atoms with Crippen LogP contribution in [-0.2, 0) is 15.9 Å². The molecule has 6 heteroatoms. The summed E-state index contributed by atoms with van der Waals surface area (Å²) in [5.41, 5.74) is 2.70. The van der Waals surface area contributed by atoms with Gasteiger partial charge in [-0.15, -0.1) is 0 Å². The van der Waals surface area contributed by atoms with Crippen LogP contribution >= 0.6 is 0 Å². The summed E-state index contributed by atoms with van der Waals surface area (Å²) < 4.78 is 11.0. The third-order valence-corrected chi connectivity index (χ3v) is 5.79. The molecule has 4 rings (SSSR count). The van der Waals surface area contributed by atoms with Gasteiger partial charge in [0, 0.05) is 37.8 Å². The molecule has 1 N–H and O–H groups in total. The van der Waals surface area contributed by atoms with Gasteiger partial charge in [-0.25, -0.2) is 0 Å². The number of rotatable bonds is 3. The van der Waals surface area contributed by atoms with E-state index in [1.54, 1.807) is 7.11 Å². The lowest BCUT2D eigenvalue weighted by atomic mass is 9.61. The van der Waals surface area contributed by atoms with E-state index in [0.717, 1.165) is 50.1 Å². The standard InChI is InChI=1S/C17H25N3O3/c1-10-6-13-14(11(2)23-10)18-19-15(13)16(21)20-5-4-17(20)7-12(8-17)9-22-3/h10-12H,4-9H2,1-3H3,(H,18,19)/t10-,11+,12?,17?/m0/s1. The maximum atomic E-state index is 13.0. The molecule has 1 aromatic heterocycles. The number of methoxy groups -OCH3 is 1. The number of nitrogens with one attached hydrogen (secondary N) is 1. The second kappa shape index (κ2) is 5.31. The van der Waals surface area contributed by atoms with Crippen LogP contribution in [0.1, 0.15) is 61.0 Å². The van der Waals surface area contributed by atoms with Crippen LogP contribution in [0.25, 0.3) is 0 Å². The molecule has 3 heterocycles. The summed E-state index contributed by atoms with van der Waals surface area (Å²) in [5.74, 6) is 0.683. The zero-order valence-corrected chi connectivity index (χ0v) is 14.1. The fraction of sp³-hybridized carbons (Fsp3) is 0.765. The van der Waals surface area contributed by atoms with E-state index in [1.807, 2.05) is 18.7 Å². The van der Waals surface area contributed by atoms with E-state index in [0.29, 0.717) is 11.6 Å². The second-order valence-electron chi connectivity index (χ2n) is 7.42. The molecule has 1 aliphatic carbocycles. The summed E-state index contributed by atoms with van der Waals surface area (Å²) in [5, 5.41) is 7.37. The van der Waals surface area contributed by atoms with Gasteiger partial charge < -0.3 is 14.4 Å². The minimum absolute atomic E-state index is 0.0251. The first-order valence-electron chi connectivity index (χ1n) is 8.57. The summed E-state index contributed by atoms with van der Waals surface area (Å²) >= 11 is 0. The molecule has 0 bridgehead atoms. The highest BCUT2D eigenvalue weighted by molar-refractivity contribution is 5.95. The van der Waals surface area contributed by atoms with Crippen LogP contribution in [0.4, 0.5) is 0 Å². The molecule has 1 spiro atoms. The summed E-state index contributed by atoms with van der Waals surface area (Å²) in [6.45, 7) is 5.70. The first kappa shape index (κ1) is 15.1. The molecular formula is C17H25N3O3. The highest BCUT2D eigenvalue weighted by atomic mass is 16.5. The predicted octanol–water partition coefficient (Wildman–Crippen LogP) is 2.07. The Morgan fingerprint density at radius 3 is 2.91 bits per heavy atom. The van der Waals surface area contributed by atoms with Crippen molar-refractivity contribution in [2.45, 2.75) is 57.3 Å².